The van der Waals surface area contributed by atoms with Crippen molar-refractivity contribution in [3.63, 3.8) is 0 Å². The molecule has 0 saturated carbocycles. The molecule has 1 spiro atoms. The number of amides is 1. The van der Waals surface area contributed by atoms with Gasteiger partial charge < -0.3 is 24.8 Å². The van der Waals surface area contributed by atoms with Gasteiger partial charge in [-0.3, -0.25) is 4.79 Å². The van der Waals surface area contributed by atoms with E-state index in [1.54, 1.807) is 7.11 Å². The Labute approximate surface area is 160 Å². The van der Waals surface area contributed by atoms with Crippen LogP contribution < -0.4 is 14.8 Å². The zero-order valence-corrected chi connectivity index (χ0v) is 16.7. The normalized spacial score (nSPS) is 34.0. The maximum absolute atomic E-state index is 12.2. The van der Waals surface area contributed by atoms with E-state index >= 15 is 0 Å². The predicted molar refractivity (Wildman–Crippen MR) is 102 cm³/mol. The highest BCUT2D eigenvalue weighted by Crippen LogP contribution is 2.62. The minimum atomic E-state index is -0.900. The molecule has 1 amide bonds. The third-order valence-corrected chi connectivity index (χ3v) is 7.10. The van der Waals surface area contributed by atoms with Crippen molar-refractivity contribution in [3.05, 3.63) is 23.3 Å². The standard InChI is InChI=1S/C21H30N2O4/c1-13-20-9-11-23(3)17(21(20,25)8-5-10-22-14(2)24)12-15-6-7-16(26-4)19(27-13)18(15)20/h6-7,13,17,25H,5,8-12H2,1-4H3,(H,22,24)/t13?,17-,20-,21-/m0/s1. The van der Waals surface area contributed by atoms with Crippen molar-refractivity contribution in [3.8, 4) is 11.5 Å². The monoisotopic (exact) mass is 374 g/mol. The summed E-state index contributed by atoms with van der Waals surface area (Å²) in [4.78, 5) is 13.5. The Morgan fingerprint density at radius 3 is 2.96 bits per heavy atom. The molecule has 6 nitrogen and oxygen atoms in total. The van der Waals surface area contributed by atoms with E-state index in [2.05, 4.69) is 30.3 Å². The number of piperidine rings is 1. The second kappa shape index (κ2) is 6.38. The average molecular weight is 374 g/mol. The van der Waals surface area contributed by atoms with E-state index in [4.69, 9.17) is 9.47 Å². The summed E-state index contributed by atoms with van der Waals surface area (Å²) in [5.74, 6) is 1.53. The Bertz CT molecular complexity index is 767. The third kappa shape index (κ3) is 2.42. The number of hydrogen-bond donors (Lipinski definition) is 2. The van der Waals surface area contributed by atoms with Gasteiger partial charge in [0.2, 0.25) is 5.91 Å². The number of nitrogens with zero attached hydrogens (tertiary/aromatic N) is 1. The van der Waals surface area contributed by atoms with Crippen LogP contribution in [0.3, 0.4) is 0 Å². The molecule has 0 radical (unpaired) electrons. The van der Waals surface area contributed by atoms with Gasteiger partial charge >= 0.3 is 0 Å². The first-order chi connectivity index (χ1) is 12.8. The van der Waals surface area contributed by atoms with Crippen LogP contribution in [-0.4, -0.2) is 60.9 Å². The topological polar surface area (TPSA) is 71.0 Å². The summed E-state index contributed by atoms with van der Waals surface area (Å²) >= 11 is 0. The van der Waals surface area contributed by atoms with Crippen molar-refractivity contribution in [2.75, 3.05) is 27.2 Å². The van der Waals surface area contributed by atoms with E-state index in [0.717, 1.165) is 42.9 Å². The molecule has 2 N–H and O–H groups in total. The Hall–Kier alpha value is -1.79. The van der Waals surface area contributed by atoms with E-state index in [1.165, 1.54) is 12.5 Å². The summed E-state index contributed by atoms with van der Waals surface area (Å²) in [7, 11) is 3.77. The van der Waals surface area contributed by atoms with Gasteiger partial charge in [-0.15, -0.1) is 0 Å². The Morgan fingerprint density at radius 1 is 1.48 bits per heavy atom. The first-order valence-electron chi connectivity index (χ1n) is 9.89. The van der Waals surface area contributed by atoms with Crippen LogP contribution in [0.1, 0.15) is 44.2 Å². The van der Waals surface area contributed by atoms with Crippen LogP contribution in [-0.2, 0) is 16.6 Å². The summed E-state index contributed by atoms with van der Waals surface area (Å²) in [6, 6.07) is 4.16. The molecule has 4 atom stereocenters. The van der Waals surface area contributed by atoms with Crippen LogP contribution in [0, 0.1) is 0 Å². The molecule has 2 aliphatic heterocycles. The number of nitrogens with one attached hydrogen (secondary N) is 1. The number of hydrogen-bond acceptors (Lipinski definition) is 5. The number of likely N-dealkylation sites (N-methyl/N-ethyl adjacent to an activating group) is 1. The van der Waals surface area contributed by atoms with Crippen molar-refractivity contribution in [2.24, 2.45) is 0 Å². The highest BCUT2D eigenvalue weighted by molar-refractivity contribution is 5.72. The van der Waals surface area contributed by atoms with Crippen molar-refractivity contribution < 1.29 is 19.4 Å². The average Bonchev–Trinajstić information content (AvgIpc) is 2.92. The maximum atomic E-state index is 12.2. The minimum absolute atomic E-state index is 0.0314. The summed E-state index contributed by atoms with van der Waals surface area (Å²) in [6.45, 7) is 5.12. The van der Waals surface area contributed by atoms with Crippen molar-refractivity contribution >= 4 is 5.91 Å². The quantitative estimate of drug-likeness (QED) is 0.767. The van der Waals surface area contributed by atoms with E-state index in [9.17, 15) is 9.90 Å². The number of methoxy groups -OCH3 is 1. The number of ether oxygens (including phenoxy) is 2. The molecule has 1 aromatic carbocycles. The highest BCUT2D eigenvalue weighted by atomic mass is 16.5. The lowest BCUT2D eigenvalue weighted by Crippen LogP contribution is -2.73. The lowest BCUT2D eigenvalue weighted by Gasteiger charge is -2.60. The molecule has 2 bridgehead atoms. The van der Waals surface area contributed by atoms with Gasteiger partial charge in [-0.1, -0.05) is 6.07 Å². The van der Waals surface area contributed by atoms with Crippen LogP contribution in [0.4, 0.5) is 0 Å². The van der Waals surface area contributed by atoms with Crippen LogP contribution in [0.5, 0.6) is 11.5 Å². The van der Waals surface area contributed by atoms with Crippen molar-refractivity contribution in [1.82, 2.24) is 10.2 Å². The molecule has 0 aromatic heterocycles. The molecule has 3 aliphatic rings. The minimum Gasteiger partial charge on any atom is -0.493 e. The molecule has 1 unspecified atom stereocenters. The van der Waals surface area contributed by atoms with Gasteiger partial charge in [0.25, 0.3) is 0 Å². The molecule has 2 heterocycles. The van der Waals surface area contributed by atoms with Gasteiger partial charge in [0.1, 0.15) is 6.10 Å². The third-order valence-electron chi connectivity index (χ3n) is 7.10. The van der Waals surface area contributed by atoms with Crippen LogP contribution in [0.2, 0.25) is 0 Å². The molecule has 148 valence electrons. The summed E-state index contributed by atoms with van der Waals surface area (Å²) in [6.07, 6.45) is 2.91. The molecule has 1 aliphatic carbocycles. The lowest BCUT2D eigenvalue weighted by atomic mass is 9.52. The van der Waals surface area contributed by atoms with Crippen molar-refractivity contribution in [2.45, 2.75) is 62.7 Å². The van der Waals surface area contributed by atoms with Gasteiger partial charge in [-0.2, -0.15) is 0 Å². The SMILES string of the molecule is COc1ccc2c3c1OC(C)[C@@]31CCN(C)[C@@H](C2)[C@@]1(O)CCCNC(C)=O. The van der Waals surface area contributed by atoms with E-state index in [-0.39, 0.29) is 18.1 Å². The van der Waals surface area contributed by atoms with Crippen LogP contribution in [0.15, 0.2) is 12.1 Å². The number of fused-ring (bicyclic) bond motifs is 1. The Balaban J connectivity index is 1.79. The molecule has 1 saturated heterocycles. The van der Waals surface area contributed by atoms with E-state index < -0.39 is 11.0 Å². The highest BCUT2D eigenvalue weighted by Gasteiger charge is 2.68. The predicted octanol–water partition coefficient (Wildman–Crippen LogP) is 1.62. The number of rotatable bonds is 5. The fraction of sp³-hybridized carbons (Fsp3) is 0.667. The number of carbonyl (C=O) groups is 1. The fourth-order valence-corrected chi connectivity index (χ4v) is 5.85. The molecule has 6 heteroatoms. The van der Waals surface area contributed by atoms with Gasteiger partial charge in [-0.25, -0.2) is 0 Å². The van der Waals surface area contributed by atoms with Crippen LogP contribution in [0.25, 0.3) is 0 Å². The zero-order chi connectivity index (χ0) is 19.4. The summed E-state index contributed by atoms with van der Waals surface area (Å²) < 4.78 is 11.9. The van der Waals surface area contributed by atoms with Crippen LogP contribution >= 0.6 is 0 Å². The summed E-state index contributed by atoms with van der Waals surface area (Å²) in [5.41, 5.74) is 1.08. The lowest BCUT2D eigenvalue weighted by molar-refractivity contribution is -0.162. The second-order valence-corrected chi connectivity index (χ2v) is 8.32. The molecule has 1 aromatic rings. The first kappa shape index (κ1) is 18.6. The molecule has 1 fully saturated rings. The number of benzene rings is 1. The van der Waals surface area contributed by atoms with Gasteiger partial charge in [-0.05, 0) is 57.8 Å². The molecular weight excluding hydrogens is 344 g/mol. The zero-order valence-electron chi connectivity index (χ0n) is 16.7. The maximum Gasteiger partial charge on any atom is 0.216 e. The smallest absolute Gasteiger partial charge is 0.216 e. The Kier molecular flexibility index (Phi) is 4.39. The number of carbonyl (C=O) groups excluding carboxylic acids is 1. The van der Waals surface area contributed by atoms with E-state index in [1.807, 2.05) is 6.07 Å². The first-order valence-corrected chi connectivity index (χ1v) is 9.89. The van der Waals surface area contributed by atoms with E-state index in [0.29, 0.717) is 13.0 Å². The second-order valence-electron chi connectivity index (χ2n) is 8.32. The molecule has 27 heavy (non-hydrogen) atoms. The van der Waals surface area contributed by atoms with Gasteiger partial charge in [0.15, 0.2) is 11.5 Å². The summed E-state index contributed by atoms with van der Waals surface area (Å²) in [5, 5.41) is 15.0. The van der Waals surface area contributed by atoms with Gasteiger partial charge in [0, 0.05) is 25.1 Å². The Morgan fingerprint density at radius 2 is 2.26 bits per heavy atom. The molecule has 4 rings (SSSR count). The van der Waals surface area contributed by atoms with Gasteiger partial charge in [0.05, 0.1) is 18.1 Å². The number of likely N-dealkylation sites (tertiary alicyclic amines) is 1. The fourth-order valence-electron chi connectivity index (χ4n) is 5.85. The molecular formula is C21H30N2O4. The van der Waals surface area contributed by atoms with Crippen molar-refractivity contribution in [1.29, 1.82) is 0 Å². The largest absolute Gasteiger partial charge is 0.493 e. The number of aliphatic hydroxyl groups is 1.